The molecule has 0 saturated carbocycles. The molecule has 2 aliphatic rings. The third-order valence-corrected chi connectivity index (χ3v) is 8.06. The number of aromatic amines is 1. The predicted octanol–water partition coefficient (Wildman–Crippen LogP) is 0.593. The van der Waals surface area contributed by atoms with E-state index in [0.717, 1.165) is 31.7 Å². The maximum Gasteiger partial charge on any atom is 1.00 e. The Morgan fingerprint density at radius 2 is 1.56 bits per heavy atom. The van der Waals surface area contributed by atoms with Crippen LogP contribution in [0, 0.1) is 11.8 Å². The van der Waals surface area contributed by atoms with E-state index >= 15 is 0 Å². The molecule has 0 fully saturated rings. The zero-order valence-electron chi connectivity index (χ0n) is 29.5. The van der Waals surface area contributed by atoms with E-state index in [4.69, 9.17) is 9.84 Å². The number of aromatic nitrogens is 1. The molecular formula is C36H49KN4O7. The van der Waals surface area contributed by atoms with Crippen molar-refractivity contribution in [2.45, 2.75) is 85.4 Å². The molecule has 0 aliphatic carbocycles. The van der Waals surface area contributed by atoms with Gasteiger partial charge in [-0.1, -0.05) is 58.0 Å². The number of aliphatic carboxylic acids is 2. The number of benzene rings is 2. The molecule has 5 rings (SSSR count). The van der Waals surface area contributed by atoms with Crippen LogP contribution in [0.4, 0.5) is 0 Å². The Hall–Kier alpha value is -2.74. The van der Waals surface area contributed by atoms with Gasteiger partial charge >= 0.3 is 57.4 Å². The summed E-state index contributed by atoms with van der Waals surface area (Å²) in [4.78, 5) is 48.2. The number of rotatable bonds is 9. The third-order valence-electron chi connectivity index (χ3n) is 8.06. The van der Waals surface area contributed by atoms with Gasteiger partial charge in [-0.15, -0.1) is 0 Å². The SMILES string of the molecule is CC(=O)N[C@@H](CC(C)C)C(=O)O.CC(=O)N[C@@H](CC(C)C)C(=O)[O-].CN1CCc2c([nH]c3ccccc23)[C@H]1c1ccc2c(c1)CCO2.[K+]. The molecule has 0 spiro atoms. The van der Waals surface area contributed by atoms with Crippen LogP contribution in [0.1, 0.15) is 82.8 Å². The Morgan fingerprint density at radius 3 is 2.15 bits per heavy atom. The van der Waals surface area contributed by atoms with Crippen molar-refractivity contribution in [3.05, 3.63) is 64.8 Å². The summed E-state index contributed by atoms with van der Waals surface area (Å²) in [5.41, 5.74) is 6.81. The quantitative estimate of drug-likeness (QED) is 0.238. The number of H-pyrrole nitrogens is 1. The monoisotopic (exact) mass is 688 g/mol. The molecule has 11 nitrogen and oxygen atoms in total. The van der Waals surface area contributed by atoms with Gasteiger partial charge in [-0.2, -0.15) is 0 Å². The fourth-order valence-corrected chi connectivity index (χ4v) is 6.03. The first-order chi connectivity index (χ1) is 22.2. The van der Waals surface area contributed by atoms with Gasteiger partial charge in [0, 0.05) is 43.4 Å². The average molecular weight is 689 g/mol. The van der Waals surface area contributed by atoms with E-state index in [1.165, 1.54) is 47.1 Å². The van der Waals surface area contributed by atoms with Crippen LogP contribution < -0.4 is 71.9 Å². The summed E-state index contributed by atoms with van der Waals surface area (Å²) in [6.45, 7) is 12.1. The Kier molecular flexibility index (Phi) is 16.8. The van der Waals surface area contributed by atoms with E-state index in [1.807, 2.05) is 27.7 Å². The fourth-order valence-electron chi connectivity index (χ4n) is 6.03. The molecule has 0 unspecified atom stereocenters. The summed E-state index contributed by atoms with van der Waals surface area (Å²) >= 11 is 0. The van der Waals surface area contributed by atoms with E-state index in [2.05, 4.69) is 70.0 Å². The summed E-state index contributed by atoms with van der Waals surface area (Å²) < 4.78 is 5.66. The van der Waals surface area contributed by atoms with Crippen LogP contribution in [0.3, 0.4) is 0 Å². The second-order valence-corrected chi connectivity index (χ2v) is 13.1. The van der Waals surface area contributed by atoms with Gasteiger partial charge < -0.3 is 35.4 Å². The molecule has 2 amide bonds. The number of hydrogen-bond donors (Lipinski definition) is 4. The Balaban J connectivity index is 0.000000276. The van der Waals surface area contributed by atoms with Crippen LogP contribution in [0.15, 0.2) is 42.5 Å². The second kappa shape index (κ2) is 19.4. The number of carboxylic acids is 2. The summed E-state index contributed by atoms with van der Waals surface area (Å²) in [6.07, 6.45) is 3.01. The van der Waals surface area contributed by atoms with Crippen molar-refractivity contribution in [2.24, 2.45) is 11.8 Å². The van der Waals surface area contributed by atoms with E-state index < -0.39 is 24.0 Å². The minimum Gasteiger partial charge on any atom is -0.548 e. The molecule has 0 bridgehead atoms. The summed E-state index contributed by atoms with van der Waals surface area (Å²) in [7, 11) is 2.23. The number of hydrogen-bond acceptors (Lipinski definition) is 7. The van der Waals surface area contributed by atoms with Gasteiger partial charge in [-0.25, -0.2) is 4.79 Å². The molecule has 4 N–H and O–H groups in total. The molecule has 0 saturated heterocycles. The van der Waals surface area contributed by atoms with Crippen LogP contribution in [0.2, 0.25) is 0 Å². The Morgan fingerprint density at radius 1 is 0.958 bits per heavy atom. The van der Waals surface area contributed by atoms with Gasteiger partial charge in [0.15, 0.2) is 0 Å². The molecular weight excluding hydrogens is 640 g/mol. The van der Waals surface area contributed by atoms with Crippen molar-refractivity contribution in [1.82, 2.24) is 20.5 Å². The number of nitrogens with one attached hydrogen (secondary N) is 3. The zero-order chi connectivity index (χ0) is 34.8. The maximum atomic E-state index is 10.6. The van der Waals surface area contributed by atoms with E-state index in [9.17, 15) is 24.3 Å². The number of carbonyl (C=O) groups excluding carboxylic acids is 3. The molecule has 256 valence electrons. The first-order valence-electron chi connectivity index (χ1n) is 16.2. The molecule has 0 radical (unpaired) electrons. The van der Waals surface area contributed by atoms with Crippen LogP contribution in [-0.4, -0.2) is 71.0 Å². The number of likely N-dealkylation sites (N-methyl/N-ethyl adjacent to an activating group) is 1. The Bertz CT molecular complexity index is 1510. The molecule has 2 aromatic carbocycles. The van der Waals surface area contributed by atoms with Crippen molar-refractivity contribution >= 4 is 34.7 Å². The van der Waals surface area contributed by atoms with Crippen molar-refractivity contribution in [3.8, 4) is 5.75 Å². The molecule has 2 aliphatic heterocycles. The van der Waals surface area contributed by atoms with Gasteiger partial charge in [-0.05, 0) is 67.0 Å². The van der Waals surface area contributed by atoms with Gasteiger partial charge in [0.05, 0.1) is 24.7 Å². The summed E-state index contributed by atoms with van der Waals surface area (Å²) in [6, 6.07) is 14.1. The van der Waals surface area contributed by atoms with Gasteiger partial charge in [-0.3, -0.25) is 14.5 Å². The van der Waals surface area contributed by atoms with E-state index in [1.54, 1.807) is 0 Å². The predicted molar refractivity (Wildman–Crippen MR) is 179 cm³/mol. The van der Waals surface area contributed by atoms with Crippen molar-refractivity contribution < 1.29 is 85.5 Å². The molecule has 3 atom stereocenters. The van der Waals surface area contributed by atoms with Gasteiger partial charge in [0.1, 0.15) is 11.8 Å². The van der Waals surface area contributed by atoms with Gasteiger partial charge in [0.25, 0.3) is 0 Å². The normalized spacial score (nSPS) is 16.1. The number of carboxylic acid groups (broad SMARTS) is 2. The molecule has 3 heterocycles. The van der Waals surface area contributed by atoms with Crippen LogP contribution in [-0.2, 0) is 32.0 Å². The number of nitrogens with zero attached hydrogens (tertiary/aromatic N) is 1. The maximum absolute atomic E-state index is 10.6. The summed E-state index contributed by atoms with van der Waals surface area (Å²) in [5, 5.41) is 25.2. The smallest absolute Gasteiger partial charge is 0.548 e. The minimum absolute atomic E-state index is 0. The topological polar surface area (TPSA) is 164 Å². The minimum atomic E-state index is -1.22. The van der Waals surface area contributed by atoms with E-state index in [0.29, 0.717) is 18.9 Å². The number of para-hydroxylation sites is 1. The number of amides is 2. The zero-order valence-corrected chi connectivity index (χ0v) is 32.6. The summed E-state index contributed by atoms with van der Waals surface area (Å²) in [5.74, 6) is -1.30. The number of fused-ring (bicyclic) bond motifs is 4. The van der Waals surface area contributed by atoms with Gasteiger partial charge in [0.2, 0.25) is 11.8 Å². The second-order valence-electron chi connectivity index (χ2n) is 13.1. The first kappa shape index (κ1) is 41.4. The molecule has 3 aromatic rings. The molecule has 1 aromatic heterocycles. The first-order valence-corrected chi connectivity index (χ1v) is 16.2. The molecule has 12 heteroatoms. The average Bonchev–Trinajstić information content (AvgIpc) is 3.60. The number of ether oxygens (including phenoxy) is 1. The van der Waals surface area contributed by atoms with Crippen LogP contribution in [0.25, 0.3) is 10.9 Å². The van der Waals surface area contributed by atoms with Crippen molar-refractivity contribution in [2.75, 3.05) is 20.2 Å². The van der Waals surface area contributed by atoms with Crippen LogP contribution >= 0.6 is 0 Å². The van der Waals surface area contributed by atoms with Crippen molar-refractivity contribution in [3.63, 3.8) is 0 Å². The van der Waals surface area contributed by atoms with Crippen molar-refractivity contribution in [1.29, 1.82) is 0 Å². The third kappa shape index (κ3) is 12.0. The number of carbonyl (C=O) groups is 4. The fraction of sp³-hybridized carbons (Fsp3) is 0.500. The van der Waals surface area contributed by atoms with E-state index in [-0.39, 0.29) is 75.0 Å². The largest absolute Gasteiger partial charge is 1.00 e. The standard InChI is InChI=1S/C20H20N2O.2C8H15NO3.K/c1-22-10-8-16-15-4-2-3-5-17(15)21-19(16)20(22)14-6-7-18-13(12-14)9-11-23-18;2*1-5(2)4-7(8(11)12)9-6(3)10;/h2-7,12,20-21H,8-11H2,1H3;2*5,7H,4H2,1-3H3,(H,9,10)(H,11,12);/q;;;+1/p-1/t20-;2*7-;/m100./s1. The van der Waals surface area contributed by atoms with Crippen LogP contribution in [0.5, 0.6) is 5.75 Å². The Labute approximate surface area is 326 Å². The molecule has 48 heavy (non-hydrogen) atoms.